The molecule has 0 aliphatic heterocycles. The quantitative estimate of drug-likeness (QED) is 0.615. The molecule has 3 N–H and O–H groups in total. The maximum Gasteiger partial charge on any atom is 0.303 e. The standard InChI is InChI=1S/C10H20O2.C2H6O2/c1-10(2,3)8-6-4-5-7-9(11)12;3-1-2-4/h4-8H2,1-3H3,(H,11,12);3-4H,1-2H2. The van der Waals surface area contributed by atoms with Crippen molar-refractivity contribution in [2.24, 2.45) is 5.41 Å². The SMILES string of the molecule is CC(C)(C)CCCCCC(=O)O.OCCO. The molecule has 0 aliphatic rings. The largest absolute Gasteiger partial charge is 0.481 e. The van der Waals surface area contributed by atoms with Gasteiger partial charge in [-0.05, 0) is 18.3 Å². The van der Waals surface area contributed by atoms with Crippen LogP contribution in [0.1, 0.15) is 52.9 Å². The molecule has 0 saturated carbocycles. The van der Waals surface area contributed by atoms with Crippen LogP contribution < -0.4 is 0 Å². The second kappa shape index (κ2) is 10.9. The van der Waals surface area contributed by atoms with E-state index >= 15 is 0 Å². The van der Waals surface area contributed by atoms with E-state index in [1.165, 1.54) is 6.42 Å². The van der Waals surface area contributed by atoms with Crippen LogP contribution in [0.2, 0.25) is 0 Å². The summed E-state index contributed by atoms with van der Waals surface area (Å²) in [6, 6.07) is 0. The lowest BCUT2D eigenvalue weighted by molar-refractivity contribution is -0.137. The lowest BCUT2D eigenvalue weighted by Gasteiger charge is -2.17. The third-order valence-electron chi connectivity index (χ3n) is 1.92. The molecule has 98 valence electrons. The number of unbranched alkanes of at least 4 members (excludes halogenated alkanes) is 2. The number of rotatable bonds is 6. The molecule has 0 fully saturated rings. The van der Waals surface area contributed by atoms with E-state index in [2.05, 4.69) is 20.8 Å². The summed E-state index contributed by atoms with van der Waals surface area (Å²) in [5, 5.41) is 23.6. The molecule has 0 heterocycles. The highest BCUT2D eigenvalue weighted by atomic mass is 16.4. The minimum atomic E-state index is -0.675. The number of carboxylic acids is 1. The molecule has 0 saturated heterocycles. The van der Waals surface area contributed by atoms with Gasteiger partial charge in [-0.1, -0.05) is 33.6 Å². The second-order valence-corrected chi connectivity index (χ2v) is 4.96. The van der Waals surface area contributed by atoms with Crippen molar-refractivity contribution in [1.82, 2.24) is 0 Å². The number of aliphatic hydroxyl groups is 2. The maximum atomic E-state index is 10.2. The highest BCUT2D eigenvalue weighted by molar-refractivity contribution is 5.66. The van der Waals surface area contributed by atoms with Gasteiger partial charge in [0.05, 0.1) is 13.2 Å². The molecule has 0 bridgehead atoms. The zero-order valence-corrected chi connectivity index (χ0v) is 10.7. The zero-order valence-electron chi connectivity index (χ0n) is 10.7. The Kier molecular flexibility index (Phi) is 12.1. The number of carboxylic acid groups (broad SMARTS) is 1. The van der Waals surface area contributed by atoms with E-state index in [0.29, 0.717) is 11.8 Å². The Balaban J connectivity index is 0. The normalized spacial score (nSPS) is 10.6. The van der Waals surface area contributed by atoms with Crippen molar-refractivity contribution in [1.29, 1.82) is 0 Å². The van der Waals surface area contributed by atoms with Crippen LogP contribution >= 0.6 is 0 Å². The van der Waals surface area contributed by atoms with E-state index < -0.39 is 5.97 Å². The van der Waals surface area contributed by atoms with Gasteiger partial charge in [-0.15, -0.1) is 0 Å². The minimum absolute atomic E-state index is 0.125. The number of carbonyl (C=O) groups is 1. The molecule has 4 nitrogen and oxygen atoms in total. The summed E-state index contributed by atoms with van der Waals surface area (Å²) in [6.07, 6.45) is 4.53. The second-order valence-electron chi connectivity index (χ2n) is 4.96. The van der Waals surface area contributed by atoms with Gasteiger partial charge in [-0.25, -0.2) is 0 Å². The van der Waals surface area contributed by atoms with Crippen molar-refractivity contribution in [3.63, 3.8) is 0 Å². The predicted octanol–water partition coefficient (Wildman–Crippen LogP) is 2.04. The first-order valence-electron chi connectivity index (χ1n) is 5.77. The number of hydrogen-bond acceptors (Lipinski definition) is 3. The lowest BCUT2D eigenvalue weighted by Crippen LogP contribution is -2.04. The summed E-state index contributed by atoms with van der Waals surface area (Å²) >= 11 is 0. The topological polar surface area (TPSA) is 77.8 Å². The number of aliphatic hydroxyl groups excluding tert-OH is 2. The van der Waals surface area contributed by atoms with Gasteiger partial charge < -0.3 is 15.3 Å². The van der Waals surface area contributed by atoms with Gasteiger partial charge in [0, 0.05) is 6.42 Å². The fourth-order valence-corrected chi connectivity index (χ4v) is 1.11. The summed E-state index contributed by atoms with van der Waals surface area (Å²) in [5.41, 5.74) is 0.392. The first-order chi connectivity index (χ1) is 7.33. The van der Waals surface area contributed by atoms with Gasteiger partial charge >= 0.3 is 5.97 Å². The molecule has 0 spiro atoms. The molecule has 0 aromatic carbocycles. The van der Waals surface area contributed by atoms with E-state index in [0.717, 1.165) is 19.3 Å². The molecule has 0 amide bonds. The fraction of sp³-hybridized carbons (Fsp3) is 0.917. The summed E-state index contributed by atoms with van der Waals surface area (Å²) in [7, 11) is 0. The van der Waals surface area contributed by atoms with Crippen LogP contribution in [0.25, 0.3) is 0 Å². The molecule has 0 aliphatic carbocycles. The Hall–Kier alpha value is -0.610. The van der Waals surface area contributed by atoms with Gasteiger partial charge in [-0.2, -0.15) is 0 Å². The van der Waals surface area contributed by atoms with Gasteiger partial charge in [-0.3, -0.25) is 4.79 Å². The Bertz CT molecular complexity index is 159. The molecular weight excluding hydrogens is 208 g/mol. The zero-order chi connectivity index (χ0) is 13.0. The fourth-order valence-electron chi connectivity index (χ4n) is 1.11. The molecule has 0 radical (unpaired) electrons. The van der Waals surface area contributed by atoms with Crippen molar-refractivity contribution in [3.05, 3.63) is 0 Å². The molecule has 16 heavy (non-hydrogen) atoms. The average Bonchev–Trinajstić information content (AvgIpc) is 2.15. The molecule has 0 atom stereocenters. The van der Waals surface area contributed by atoms with Crippen LogP contribution in [0.3, 0.4) is 0 Å². The minimum Gasteiger partial charge on any atom is -0.481 e. The number of aliphatic carboxylic acids is 1. The monoisotopic (exact) mass is 234 g/mol. The van der Waals surface area contributed by atoms with Crippen LogP contribution in [0.4, 0.5) is 0 Å². The van der Waals surface area contributed by atoms with Crippen molar-refractivity contribution < 1.29 is 20.1 Å². The molecule has 0 aromatic rings. The van der Waals surface area contributed by atoms with Crippen LogP contribution in [-0.4, -0.2) is 34.5 Å². The smallest absolute Gasteiger partial charge is 0.303 e. The molecule has 0 rings (SSSR count). The van der Waals surface area contributed by atoms with Crippen molar-refractivity contribution in [3.8, 4) is 0 Å². The highest BCUT2D eigenvalue weighted by Crippen LogP contribution is 2.22. The molecular formula is C12H26O4. The van der Waals surface area contributed by atoms with Gasteiger partial charge in [0.1, 0.15) is 0 Å². The van der Waals surface area contributed by atoms with Crippen molar-refractivity contribution in [2.75, 3.05) is 13.2 Å². The first-order valence-corrected chi connectivity index (χ1v) is 5.77. The highest BCUT2D eigenvalue weighted by Gasteiger charge is 2.08. The van der Waals surface area contributed by atoms with Gasteiger partial charge in [0.15, 0.2) is 0 Å². The molecule has 4 heteroatoms. The van der Waals surface area contributed by atoms with E-state index in [4.69, 9.17) is 15.3 Å². The van der Waals surface area contributed by atoms with Crippen LogP contribution in [-0.2, 0) is 4.79 Å². The van der Waals surface area contributed by atoms with Crippen LogP contribution in [0, 0.1) is 5.41 Å². The van der Waals surface area contributed by atoms with Crippen LogP contribution in [0.5, 0.6) is 0 Å². The Morgan fingerprint density at radius 1 is 1.00 bits per heavy atom. The maximum absolute atomic E-state index is 10.2. The van der Waals surface area contributed by atoms with E-state index in [1.54, 1.807) is 0 Å². The van der Waals surface area contributed by atoms with Crippen molar-refractivity contribution in [2.45, 2.75) is 52.9 Å². The first kappa shape index (κ1) is 17.8. The Labute approximate surface area is 98.3 Å². The third-order valence-corrected chi connectivity index (χ3v) is 1.92. The molecule has 0 unspecified atom stereocenters. The van der Waals surface area contributed by atoms with E-state index in [-0.39, 0.29) is 13.2 Å². The Morgan fingerprint density at radius 2 is 1.50 bits per heavy atom. The van der Waals surface area contributed by atoms with Crippen LogP contribution in [0.15, 0.2) is 0 Å². The summed E-state index contributed by atoms with van der Waals surface area (Å²) in [6.45, 7) is 6.39. The average molecular weight is 234 g/mol. The predicted molar refractivity (Wildman–Crippen MR) is 64.3 cm³/mol. The van der Waals surface area contributed by atoms with Crippen molar-refractivity contribution >= 4 is 5.97 Å². The summed E-state index contributed by atoms with van der Waals surface area (Å²) < 4.78 is 0. The van der Waals surface area contributed by atoms with Gasteiger partial charge in [0.25, 0.3) is 0 Å². The summed E-state index contributed by atoms with van der Waals surface area (Å²) in [4.78, 5) is 10.2. The Morgan fingerprint density at radius 3 is 1.81 bits per heavy atom. The molecule has 0 aromatic heterocycles. The third kappa shape index (κ3) is 23.3. The summed E-state index contributed by atoms with van der Waals surface area (Å²) in [5.74, 6) is -0.675. The lowest BCUT2D eigenvalue weighted by atomic mass is 9.89. The van der Waals surface area contributed by atoms with E-state index in [1.807, 2.05) is 0 Å². The van der Waals surface area contributed by atoms with E-state index in [9.17, 15) is 4.79 Å². The number of hydrogen-bond donors (Lipinski definition) is 3. The van der Waals surface area contributed by atoms with Gasteiger partial charge in [0.2, 0.25) is 0 Å².